The first-order chi connectivity index (χ1) is 3.29. The first-order valence-corrected chi connectivity index (χ1v) is 2.37. The van der Waals surface area contributed by atoms with E-state index in [0.717, 1.165) is 11.9 Å². The minimum Gasteiger partial charge on any atom is -0.465 e. The van der Waals surface area contributed by atoms with Gasteiger partial charge in [0.15, 0.2) is 5.09 Å². The zero-order valence-corrected chi connectivity index (χ0v) is 4.23. The van der Waals surface area contributed by atoms with Gasteiger partial charge in [0.2, 0.25) is 0 Å². The largest absolute Gasteiger partial charge is 0.465 e. The summed E-state index contributed by atoms with van der Waals surface area (Å²) in [5, 5.41) is 8.76. The molecule has 0 atom stereocenters. The number of ether oxygens (including phenoxy) is 1. The molecule has 0 aromatic rings. The molecule has 0 aromatic carbocycles. The van der Waals surface area contributed by atoms with Crippen LogP contribution in [-0.4, -0.2) is 11.2 Å². The lowest BCUT2D eigenvalue weighted by Crippen LogP contribution is -1.91. The highest BCUT2D eigenvalue weighted by molar-refractivity contribution is 8.02. The molecular formula is C3H3NO2S. The van der Waals surface area contributed by atoms with Crippen LogP contribution >= 0.6 is 11.9 Å². The van der Waals surface area contributed by atoms with Crippen molar-refractivity contribution in [1.82, 2.24) is 0 Å². The van der Waals surface area contributed by atoms with Gasteiger partial charge in [-0.1, -0.05) is 0 Å². The number of rotatable bonds is 0. The van der Waals surface area contributed by atoms with E-state index in [0.29, 0.717) is 5.09 Å². The van der Waals surface area contributed by atoms with Crippen LogP contribution in [0.1, 0.15) is 0 Å². The van der Waals surface area contributed by atoms with Crippen LogP contribution in [0.4, 0.5) is 0 Å². The van der Waals surface area contributed by atoms with Gasteiger partial charge in [0.05, 0.1) is 11.9 Å². The monoisotopic (exact) mass is 117 g/mol. The molecular weight excluding hydrogens is 114 g/mol. The van der Waals surface area contributed by atoms with Gasteiger partial charge in [-0.2, -0.15) is 0 Å². The molecule has 0 spiro atoms. The molecule has 38 valence electrons. The lowest BCUT2D eigenvalue weighted by molar-refractivity contribution is 0.333. The van der Waals surface area contributed by atoms with E-state index < -0.39 is 0 Å². The Balaban J connectivity index is 2.58. The first-order valence-electron chi connectivity index (χ1n) is 1.60. The number of nitrogens with zero attached hydrogens (tertiary/aromatic N) is 1. The van der Waals surface area contributed by atoms with Crippen molar-refractivity contribution in [3.8, 4) is 0 Å². The Labute approximate surface area is 44.8 Å². The number of hydrogen-bond donors (Lipinski definition) is 1. The van der Waals surface area contributed by atoms with Gasteiger partial charge in [-0.05, 0) is 6.58 Å². The van der Waals surface area contributed by atoms with E-state index in [2.05, 4.69) is 15.7 Å². The molecule has 0 aromatic heterocycles. The van der Waals surface area contributed by atoms with Gasteiger partial charge >= 0.3 is 6.08 Å². The molecule has 0 radical (unpaired) electrons. The van der Waals surface area contributed by atoms with Gasteiger partial charge in [-0.25, -0.2) is 0 Å². The van der Waals surface area contributed by atoms with E-state index in [1.807, 2.05) is 0 Å². The van der Waals surface area contributed by atoms with Crippen LogP contribution in [0, 0.1) is 0 Å². The molecule has 0 amide bonds. The Morgan fingerprint density at radius 3 is 2.71 bits per heavy atom. The van der Waals surface area contributed by atoms with Gasteiger partial charge in [0.25, 0.3) is 0 Å². The molecule has 4 heteroatoms. The molecule has 1 aliphatic rings. The fraction of sp³-hybridized carbons (Fsp3) is 0. The Morgan fingerprint density at radius 1 is 1.86 bits per heavy atom. The number of hydrogen-bond acceptors (Lipinski definition) is 3. The van der Waals surface area contributed by atoms with E-state index in [1.54, 1.807) is 0 Å². The smallest absolute Gasteiger partial charge is 0.399 e. The standard InChI is InChI=1S/C3H3NO2S/c1-2-6-3(5)4-7-2/h1H2,(H,4,5). The average molecular weight is 117 g/mol. The molecule has 7 heavy (non-hydrogen) atoms. The molecule has 3 nitrogen and oxygen atoms in total. The molecule has 1 aliphatic heterocycles. The Kier molecular flexibility index (Phi) is 0.941. The van der Waals surface area contributed by atoms with Crippen molar-refractivity contribution in [2.45, 2.75) is 0 Å². The molecule has 0 saturated heterocycles. The fourth-order valence-corrected chi connectivity index (χ4v) is 0.558. The Bertz CT molecular complexity index is 131. The minimum absolute atomic E-state index is 0.310. The maximum absolute atomic E-state index is 8.35. The zero-order valence-electron chi connectivity index (χ0n) is 3.42. The molecule has 1 rings (SSSR count). The molecule has 1 heterocycles. The van der Waals surface area contributed by atoms with Crippen LogP contribution in [0.3, 0.4) is 0 Å². The maximum Gasteiger partial charge on any atom is 0.399 e. The fourth-order valence-electron chi connectivity index (χ4n) is 0.229. The average Bonchev–Trinajstić information content (AvgIpc) is 1.87. The molecule has 0 bridgehead atoms. The van der Waals surface area contributed by atoms with Crippen molar-refractivity contribution >= 4 is 18.0 Å². The molecule has 0 unspecified atom stereocenters. The van der Waals surface area contributed by atoms with Crippen molar-refractivity contribution in [2.75, 3.05) is 0 Å². The van der Waals surface area contributed by atoms with E-state index in [4.69, 9.17) is 5.11 Å². The lowest BCUT2D eigenvalue weighted by atomic mass is 11.1. The normalized spacial score (nSPS) is 18.9. The predicted molar refractivity (Wildman–Crippen MR) is 27.9 cm³/mol. The quantitative estimate of drug-likeness (QED) is 0.482. The minimum atomic E-state index is -0.310. The van der Waals surface area contributed by atoms with E-state index in [-0.39, 0.29) is 6.08 Å². The molecule has 1 N–H and O–H groups in total. The SMILES string of the molecule is C=C1OC(O)=NS1. The molecule has 0 fully saturated rings. The lowest BCUT2D eigenvalue weighted by Gasteiger charge is -1.86. The summed E-state index contributed by atoms with van der Waals surface area (Å²) in [6, 6.07) is 0. The summed E-state index contributed by atoms with van der Waals surface area (Å²) in [5.74, 6) is 0. The van der Waals surface area contributed by atoms with Crippen LogP contribution in [0.5, 0.6) is 0 Å². The van der Waals surface area contributed by atoms with E-state index in [9.17, 15) is 0 Å². The van der Waals surface area contributed by atoms with Crippen LogP contribution in [0.15, 0.2) is 16.1 Å². The first kappa shape index (κ1) is 4.52. The second-order valence-electron chi connectivity index (χ2n) is 0.939. The summed E-state index contributed by atoms with van der Waals surface area (Å²) in [4.78, 5) is 0. The molecule has 0 aliphatic carbocycles. The van der Waals surface area contributed by atoms with Crippen molar-refractivity contribution in [3.05, 3.63) is 11.7 Å². The van der Waals surface area contributed by atoms with Gasteiger partial charge in [0.1, 0.15) is 0 Å². The topological polar surface area (TPSA) is 41.8 Å². The van der Waals surface area contributed by atoms with Crippen LogP contribution < -0.4 is 0 Å². The van der Waals surface area contributed by atoms with Crippen LogP contribution in [-0.2, 0) is 4.74 Å². The van der Waals surface area contributed by atoms with Gasteiger partial charge in [0, 0.05) is 0 Å². The highest BCUT2D eigenvalue weighted by Crippen LogP contribution is 2.22. The summed E-state index contributed by atoms with van der Waals surface area (Å²) in [6.45, 7) is 3.37. The van der Waals surface area contributed by atoms with Crippen LogP contribution in [0.2, 0.25) is 0 Å². The van der Waals surface area contributed by atoms with E-state index in [1.165, 1.54) is 0 Å². The van der Waals surface area contributed by atoms with Crippen molar-refractivity contribution in [3.63, 3.8) is 0 Å². The number of aliphatic hydroxyl groups is 1. The Hall–Kier alpha value is -0.640. The maximum atomic E-state index is 8.35. The predicted octanol–water partition coefficient (Wildman–Crippen LogP) is 1.05. The van der Waals surface area contributed by atoms with Gasteiger partial charge in [-0.3, -0.25) is 0 Å². The molecule has 0 saturated carbocycles. The highest BCUT2D eigenvalue weighted by Gasteiger charge is 2.08. The summed E-state index contributed by atoms with van der Waals surface area (Å²) in [5.41, 5.74) is 0. The second-order valence-corrected chi connectivity index (χ2v) is 1.76. The Morgan fingerprint density at radius 2 is 2.57 bits per heavy atom. The summed E-state index contributed by atoms with van der Waals surface area (Å²) >= 11 is 1.03. The summed E-state index contributed by atoms with van der Waals surface area (Å²) < 4.78 is 7.82. The zero-order chi connectivity index (χ0) is 5.28. The third kappa shape index (κ3) is 0.866. The van der Waals surface area contributed by atoms with Crippen LogP contribution in [0.25, 0.3) is 0 Å². The summed E-state index contributed by atoms with van der Waals surface area (Å²) in [6.07, 6.45) is -0.310. The summed E-state index contributed by atoms with van der Waals surface area (Å²) in [7, 11) is 0. The highest BCUT2D eigenvalue weighted by atomic mass is 32.2. The number of aliphatic hydroxyl groups excluding tert-OH is 1. The second kappa shape index (κ2) is 1.46. The van der Waals surface area contributed by atoms with Gasteiger partial charge < -0.3 is 9.84 Å². The van der Waals surface area contributed by atoms with Gasteiger partial charge in [-0.15, -0.1) is 4.40 Å². The third-order valence-corrected chi connectivity index (χ3v) is 0.965. The van der Waals surface area contributed by atoms with Crippen molar-refractivity contribution in [2.24, 2.45) is 4.40 Å². The van der Waals surface area contributed by atoms with Crippen molar-refractivity contribution < 1.29 is 9.84 Å². The third-order valence-electron chi connectivity index (χ3n) is 0.431. The van der Waals surface area contributed by atoms with E-state index >= 15 is 0 Å². The van der Waals surface area contributed by atoms with Crippen molar-refractivity contribution in [1.29, 1.82) is 0 Å².